The van der Waals surface area contributed by atoms with Crippen LogP contribution in [0, 0.1) is 5.92 Å². The fourth-order valence-corrected chi connectivity index (χ4v) is 3.05. The second kappa shape index (κ2) is 6.78. The molecule has 0 spiro atoms. The predicted octanol–water partition coefficient (Wildman–Crippen LogP) is 3.59. The molecule has 0 bridgehead atoms. The fraction of sp³-hybridized carbons (Fsp3) is 0.588. The van der Waals surface area contributed by atoms with E-state index in [1.165, 1.54) is 11.1 Å². The van der Waals surface area contributed by atoms with Crippen LogP contribution in [0.5, 0.6) is 0 Å². The van der Waals surface area contributed by atoms with Crippen LogP contribution in [0.4, 0.5) is 5.69 Å². The van der Waals surface area contributed by atoms with Crippen molar-refractivity contribution in [2.75, 3.05) is 5.73 Å². The smallest absolute Gasteiger partial charge is 0.223 e. The Morgan fingerprint density at radius 3 is 2.95 bits per heavy atom. The lowest BCUT2D eigenvalue weighted by Gasteiger charge is -2.19. The molecule has 3 nitrogen and oxygen atoms in total. The second-order valence-corrected chi connectivity index (χ2v) is 5.81. The summed E-state index contributed by atoms with van der Waals surface area (Å²) in [4.78, 5) is 12.4. The molecule has 1 aromatic carbocycles. The van der Waals surface area contributed by atoms with Crippen LogP contribution in [0.2, 0.25) is 0 Å². The van der Waals surface area contributed by atoms with E-state index in [1.807, 2.05) is 12.1 Å². The Balaban J connectivity index is 1.99. The Morgan fingerprint density at radius 1 is 1.45 bits per heavy atom. The lowest BCUT2D eigenvalue weighted by atomic mass is 9.97. The highest BCUT2D eigenvalue weighted by molar-refractivity contribution is 5.79. The summed E-state index contributed by atoms with van der Waals surface area (Å²) >= 11 is 0. The molecule has 2 unspecified atom stereocenters. The summed E-state index contributed by atoms with van der Waals surface area (Å²) in [5, 5.41) is 3.23. The number of fused-ring (bicyclic) bond motifs is 1. The van der Waals surface area contributed by atoms with Crippen molar-refractivity contribution in [3.63, 3.8) is 0 Å². The quantitative estimate of drug-likeness (QED) is 0.779. The van der Waals surface area contributed by atoms with E-state index in [1.54, 1.807) is 0 Å². The van der Waals surface area contributed by atoms with E-state index in [2.05, 4.69) is 25.2 Å². The van der Waals surface area contributed by atoms with Crippen molar-refractivity contribution in [2.45, 2.75) is 58.4 Å². The van der Waals surface area contributed by atoms with Gasteiger partial charge in [-0.3, -0.25) is 4.79 Å². The first-order valence-corrected chi connectivity index (χ1v) is 7.84. The highest BCUT2D eigenvalue weighted by atomic mass is 16.1. The van der Waals surface area contributed by atoms with Gasteiger partial charge in [0.15, 0.2) is 0 Å². The third kappa shape index (κ3) is 3.33. The molecule has 3 N–H and O–H groups in total. The first-order valence-electron chi connectivity index (χ1n) is 7.84. The molecule has 0 saturated heterocycles. The topological polar surface area (TPSA) is 55.1 Å². The highest BCUT2D eigenvalue weighted by Gasteiger charge is 2.26. The van der Waals surface area contributed by atoms with Gasteiger partial charge in [0.05, 0.1) is 6.04 Å². The molecule has 1 aliphatic carbocycles. The van der Waals surface area contributed by atoms with Gasteiger partial charge in [-0.25, -0.2) is 0 Å². The molecule has 3 heteroatoms. The SMILES string of the molecule is CCCCC(CC)C(=O)NC1CCc2cc(N)ccc21. The number of anilines is 1. The predicted molar refractivity (Wildman–Crippen MR) is 83.4 cm³/mol. The number of carbonyl (C=O) groups excluding carboxylic acids is 1. The molecule has 20 heavy (non-hydrogen) atoms. The van der Waals surface area contributed by atoms with Crippen molar-refractivity contribution >= 4 is 11.6 Å². The van der Waals surface area contributed by atoms with Gasteiger partial charge >= 0.3 is 0 Å². The summed E-state index contributed by atoms with van der Waals surface area (Å²) < 4.78 is 0. The number of unbranched alkanes of at least 4 members (excludes halogenated alkanes) is 1. The van der Waals surface area contributed by atoms with Crippen molar-refractivity contribution in [3.05, 3.63) is 29.3 Å². The molecule has 2 rings (SSSR count). The van der Waals surface area contributed by atoms with Gasteiger partial charge in [0, 0.05) is 11.6 Å². The van der Waals surface area contributed by atoms with Crippen LogP contribution in [0.3, 0.4) is 0 Å². The molecule has 1 aliphatic rings. The molecular formula is C17H26N2O. The maximum atomic E-state index is 12.4. The van der Waals surface area contributed by atoms with Gasteiger partial charge in [-0.1, -0.05) is 32.8 Å². The minimum Gasteiger partial charge on any atom is -0.399 e. The minimum atomic E-state index is 0.160. The molecule has 2 atom stereocenters. The van der Waals surface area contributed by atoms with E-state index in [0.29, 0.717) is 0 Å². The van der Waals surface area contributed by atoms with E-state index in [4.69, 9.17) is 5.73 Å². The molecule has 0 aliphatic heterocycles. The van der Waals surface area contributed by atoms with Gasteiger partial charge < -0.3 is 11.1 Å². The Kier molecular flexibility index (Phi) is 5.05. The number of nitrogens with two attached hydrogens (primary N) is 1. The molecule has 0 heterocycles. The summed E-state index contributed by atoms with van der Waals surface area (Å²) in [6, 6.07) is 6.21. The number of amides is 1. The second-order valence-electron chi connectivity index (χ2n) is 5.81. The summed E-state index contributed by atoms with van der Waals surface area (Å²) in [5.74, 6) is 0.378. The van der Waals surface area contributed by atoms with Gasteiger partial charge in [0.2, 0.25) is 5.91 Å². The zero-order valence-corrected chi connectivity index (χ0v) is 12.6. The van der Waals surface area contributed by atoms with Crippen LogP contribution in [-0.4, -0.2) is 5.91 Å². The summed E-state index contributed by atoms with van der Waals surface area (Å²) in [5.41, 5.74) is 9.16. The summed E-state index contributed by atoms with van der Waals surface area (Å²) in [6.07, 6.45) is 6.21. The molecule has 0 aromatic heterocycles. The number of hydrogen-bond donors (Lipinski definition) is 2. The maximum absolute atomic E-state index is 12.4. The van der Waals surface area contributed by atoms with E-state index in [-0.39, 0.29) is 17.9 Å². The van der Waals surface area contributed by atoms with Gasteiger partial charge in [-0.05, 0) is 48.9 Å². The number of benzene rings is 1. The Morgan fingerprint density at radius 2 is 2.25 bits per heavy atom. The highest BCUT2D eigenvalue weighted by Crippen LogP contribution is 2.32. The Hall–Kier alpha value is -1.51. The number of carbonyl (C=O) groups is 1. The average Bonchev–Trinajstić information content (AvgIpc) is 2.82. The number of aryl methyl sites for hydroxylation is 1. The number of hydrogen-bond acceptors (Lipinski definition) is 2. The van der Waals surface area contributed by atoms with Crippen LogP contribution in [0.1, 0.15) is 63.1 Å². The van der Waals surface area contributed by atoms with Gasteiger partial charge in [-0.15, -0.1) is 0 Å². The van der Waals surface area contributed by atoms with E-state index in [0.717, 1.165) is 44.2 Å². The lowest BCUT2D eigenvalue weighted by Crippen LogP contribution is -2.33. The summed E-state index contributed by atoms with van der Waals surface area (Å²) in [7, 11) is 0. The summed E-state index contributed by atoms with van der Waals surface area (Å²) in [6.45, 7) is 4.27. The number of rotatable bonds is 6. The van der Waals surface area contributed by atoms with Crippen molar-refractivity contribution in [3.8, 4) is 0 Å². The van der Waals surface area contributed by atoms with Crippen LogP contribution in [0.25, 0.3) is 0 Å². The van der Waals surface area contributed by atoms with Crippen molar-refractivity contribution in [1.29, 1.82) is 0 Å². The fourth-order valence-electron chi connectivity index (χ4n) is 3.05. The first kappa shape index (κ1) is 14.9. The molecule has 110 valence electrons. The van der Waals surface area contributed by atoms with Gasteiger partial charge in [0.25, 0.3) is 0 Å². The average molecular weight is 274 g/mol. The Labute approximate surface area is 121 Å². The van der Waals surface area contributed by atoms with E-state index < -0.39 is 0 Å². The van der Waals surface area contributed by atoms with E-state index in [9.17, 15) is 4.79 Å². The Bertz CT molecular complexity index is 470. The monoisotopic (exact) mass is 274 g/mol. The maximum Gasteiger partial charge on any atom is 0.223 e. The van der Waals surface area contributed by atoms with Crippen molar-refractivity contribution in [1.82, 2.24) is 5.32 Å². The third-order valence-corrected chi connectivity index (χ3v) is 4.33. The molecule has 0 saturated carbocycles. The van der Waals surface area contributed by atoms with E-state index >= 15 is 0 Å². The molecule has 0 fully saturated rings. The lowest BCUT2D eigenvalue weighted by molar-refractivity contribution is -0.126. The van der Waals surface area contributed by atoms with Crippen molar-refractivity contribution < 1.29 is 4.79 Å². The van der Waals surface area contributed by atoms with Crippen LogP contribution in [0.15, 0.2) is 18.2 Å². The van der Waals surface area contributed by atoms with Crippen LogP contribution >= 0.6 is 0 Å². The third-order valence-electron chi connectivity index (χ3n) is 4.33. The normalized spacial score (nSPS) is 18.6. The number of nitrogens with one attached hydrogen (secondary N) is 1. The number of nitrogen functional groups attached to an aromatic ring is 1. The molecular weight excluding hydrogens is 248 g/mol. The van der Waals surface area contributed by atoms with Crippen LogP contribution < -0.4 is 11.1 Å². The standard InChI is InChI=1S/C17H26N2O/c1-3-5-6-12(4-2)17(20)19-16-10-7-13-11-14(18)8-9-15(13)16/h8-9,11-12,16H,3-7,10,18H2,1-2H3,(H,19,20). The molecule has 1 amide bonds. The van der Waals surface area contributed by atoms with Gasteiger partial charge in [0.1, 0.15) is 0 Å². The van der Waals surface area contributed by atoms with Crippen LogP contribution in [-0.2, 0) is 11.2 Å². The minimum absolute atomic E-state index is 0.160. The first-order chi connectivity index (χ1) is 9.65. The zero-order chi connectivity index (χ0) is 14.5. The van der Waals surface area contributed by atoms with Gasteiger partial charge in [-0.2, -0.15) is 0 Å². The van der Waals surface area contributed by atoms with Crippen molar-refractivity contribution in [2.24, 2.45) is 5.92 Å². The largest absolute Gasteiger partial charge is 0.399 e. The zero-order valence-electron chi connectivity index (χ0n) is 12.6. The molecule has 0 radical (unpaired) electrons. The molecule has 1 aromatic rings.